The Morgan fingerprint density at radius 2 is 1.86 bits per heavy atom. The Morgan fingerprint density at radius 1 is 1.29 bits per heavy atom. The molecule has 0 fully saturated rings. The molecule has 14 heavy (non-hydrogen) atoms. The number of allylic oxidation sites excluding steroid dienone is 1. The predicted molar refractivity (Wildman–Crippen MR) is 50.7 cm³/mol. The highest BCUT2D eigenvalue weighted by Gasteiger charge is 2.04. The van der Waals surface area contributed by atoms with E-state index in [-0.39, 0.29) is 12.2 Å². The van der Waals surface area contributed by atoms with Crippen LogP contribution in [-0.2, 0) is 0 Å². The van der Waals surface area contributed by atoms with Crippen molar-refractivity contribution in [3.05, 3.63) is 47.0 Å². The van der Waals surface area contributed by atoms with E-state index in [1.807, 2.05) is 0 Å². The molecule has 1 aromatic rings. The minimum absolute atomic E-state index is 0.288. The van der Waals surface area contributed by atoms with Gasteiger partial charge in [0.25, 0.3) is 6.08 Å². The third kappa shape index (κ3) is 3.26. The van der Waals surface area contributed by atoms with Gasteiger partial charge < -0.3 is 0 Å². The maximum atomic E-state index is 11.7. The zero-order valence-corrected chi connectivity index (χ0v) is 7.89. The number of carbonyl (C=O) groups is 1. The zero-order chi connectivity index (χ0) is 10.6. The Bertz CT molecular complexity index is 353. The smallest absolute Gasteiger partial charge is 0.266 e. The van der Waals surface area contributed by atoms with Gasteiger partial charge in [-0.05, 0) is 30.3 Å². The van der Waals surface area contributed by atoms with Crippen LogP contribution < -0.4 is 0 Å². The summed E-state index contributed by atoms with van der Waals surface area (Å²) in [6.07, 6.45) is -1.53. The van der Waals surface area contributed by atoms with E-state index >= 15 is 0 Å². The van der Waals surface area contributed by atoms with Gasteiger partial charge in [-0.2, -0.15) is 8.78 Å². The van der Waals surface area contributed by atoms with Gasteiger partial charge in [0.15, 0.2) is 5.78 Å². The summed E-state index contributed by atoms with van der Waals surface area (Å²) >= 11 is 5.60. The highest BCUT2D eigenvalue weighted by molar-refractivity contribution is 6.30. The van der Waals surface area contributed by atoms with E-state index in [2.05, 4.69) is 0 Å². The van der Waals surface area contributed by atoms with Crippen molar-refractivity contribution < 1.29 is 13.6 Å². The Balaban J connectivity index is 2.70. The molecule has 0 radical (unpaired) electrons. The van der Waals surface area contributed by atoms with E-state index in [0.29, 0.717) is 16.7 Å². The minimum Gasteiger partial charge on any atom is -0.294 e. The molecule has 0 atom stereocenters. The van der Waals surface area contributed by atoms with E-state index < -0.39 is 6.08 Å². The predicted octanol–water partition coefficient (Wildman–Crippen LogP) is 3.69. The highest BCUT2D eigenvalue weighted by Crippen LogP contribution is 2.12. The number of ketones is 1. The highest BCUT2D eigenvalue weighted by atomic mass is 35.5. The van der Waals surface area contributed by atoms with Crippen LogP contribution >= 0.6 is 11.6 Å². The summed E-state index contributed by atoms with van der Waals surface area (Å²) in [7, 11) is 0. The molecule has 1 nitrogen and oxygen atoms in total. The molecule has 0 aromatic heterocycles. The summed E-state index contributed by atoms with van der Waals surface area (Å²) in [6, 6.07) is 6.11. The molecule has 74 valence electrons. The van der Waals surface area contributed by atoms with Crippen LogP contribution in [0.15, 0.2) is 36.4 Å². The molecular weight excluding hydrogens is 210 g/mol. The lowest BCUT2D eigenvalue weighted by molar-refractivity contribution is 0.0994. The van der Waals surface area contributed by atoms with Crippen LogP contribution in [0.4, 0.5) is 8.78 Å². The first-order valence-corrected chi connectivity index (χ1v) is 4.27. The van der Waals surface area contributed by atoms with Gasteiger partial charge >= 0.3 is 0 Å². The summed E-state index contributed by atoms with van der Waals surface area (Å²) in [6.45, 7) is 0. The molecule has 0 bridgehead atoms. The molecule has 0 amide bonds. The van der Waals surface area contributed by atoms with Gasteiger partial charge in [-0.3, -0.25) is 4.79 Å². The lowest BCUT2D eigenvalue weighted by Crippen LogP contribution is -1.96. The molecule has 0 saturated carbocycles. The van der Waals surface area contributed by atoms with Crippen LogP contribution in [0.3, 0.4) is 0 Å². The average Bonchev–Trinajstić information content (AvgIpc) is 2.15. The maximum Gasteiger partial charge on any atom is 0.266 e. The van der Waals surface area contributed by atoms with Crippen LogP contribution in [0.2, 0.25) is 5.02 Å². The second-order valence-corrected chi connectivity index (χ2v) is 3.06. The van der Waals surface area contributed by atoms with Crippen molar-refractivity contribution >= 4 is 17.4 Å². The number of carbonyl (C=O) groups excluding carboxylic acids is 1. The van der Waals surface area contributed by atoms with Crippen LogP contribution in [0.1, 0.15) is 16.8 Å². The van der Waals surface area contributed by atoms with Crippen molar-refractivity contribution in [3.8, 4) is 0 Å². The lowest BCUT2D eigenvalue weighted by atomic mass is 10.1. The van der Waals surface area contributed by atoms with Crippen molar-refractivity contribution in [2.75, 3.05) is 0 Å². The fourth-order valence-corrected chi connectivity index (χ4v) is 1.05. The lowest BCUT2D eigenvalue weighted by Gasteiger charge is -1.96. The van der Waals surface area contributed by atoms with Crippen LogP contribution in [-0.4, -0.2) is 5.78 Å². The molecule has 1 aromatic carbocycles. The Hall–Kier alpha value is -1.22. The van der Waals surface area contributed by atoms with Gasteiger partial charge in [0.05, 0.1) is 0 Å². The monoisotopic (exact) mass is 216 g/mol. The van der Waals surface area contributed by atoms with E-state index in [0.717, 1.165) is 0 Å². The quantitative estimate of drug-likeness (QED) is 0.705. The fourth-order valence-electron chi connectivity index (χ4n) is 0.923. The number of benzene rings is 1. The van der Waals surface area contributed by atoms with Crippen molar-refractivity contribution in [2.45, 2.75) is 6.42 Å². The molecular formula is C10H7ClF2O. The van der Waals surface area contributed by atoms with Crippen LogP contribution in [0.25, 0.3) is 0 Å². The Morgan fingerprint density at radius 3 is 2.36 bits per heavy atom. The summed E-state index contributed by atoms with van der Waals surface area (Å²) < 4.78 is 23.3. The molecule has 0 aliphatic heterocycles. The molecule has 0 spiro atoms. The number of halogens is 3. The Kier molecular flexibility index (Phi) is 3.77. The molecule has 0 aliphatic rings. The normalized spacial score (nSPS) is 9.64. The second-order valence-electron chi connectivity index (χ2n) is 2.63. The summed E-state index contributed by atoms with van der Waals surface area (Å²) in [5.41, 5.74) is 0.381. The first kappa shape index (κ1) is 10.9. The second kappa shape index (κ2) is 4.86. The average molecular weight is 217 g/mol. The largest absolute Gasteiger partial charge is 0.294 e. The summed E-state index contributed by atoms with van der Waals surface area (Å²) in [5, 5.41) is 0.508. The van der Waals surface area contributed by atoms with E-state index in [9.17, 15) is 13.6 Å². The first-order chi connectivity index (χ1) is 6.59. The maximum absolute atomic E-state index is 11.7. The van der Waals surface area contributed by atoms with Gasteiger partial charge in [-0.1, -0.05) is 11.6 Å². The number of hydrogen-bond donors (Lipinski definition) is 0. The summed E-state index contributed by atoms with van der Waals surface area (Å²) in [4.78, 5) is 11.2. The molecule has 0 N–H and O–H groups in total. The van der Waals surface area contributed by atoms with E-state index in [1.54, 1.807) is 12.1 Å². The van der Waals surface area contributed by atoms with Crippen LogP contribution in [0.5, 0.6) is 0 Å². The van der Waals surface area contributed by atoms with E-state index in [1.165, 1.54) is 12.1 Å². The van der Waals surface area contributed by atoms with E-state index in [4.69, 9.17) is 11.6 Å². The topological polar surface area (TPSA) is 17.1 Å². The fraction of sp³-hybridized carbons (Fsp3) is 0.100. The third-order valence-corrected chi connectivity index (χ3v) is 1.86. The standard InChI is InChI=1S/C10H7ClF2O/c11-8-3-1-7(2-4-8)9(14)5-6-10(12)13/h1-4,6H,5H2. The third-order valence-electron chi connectivity index (χ3n) is 1.61. The van der Waals surface area contributed by atoms with Gasteiger partial charge in [0.1, 0.15) is 0 Å². The minimum atomic E-state index is -1.84. The van der Waals surface area contributed by atoms with Crippen molar-refractivity contribution in [1.29, 1.82) is 0 Å². The molecule has 0 aliphatic carbocycles. The first-order valence-electron chi connectivity index (χ1n) is 3.89. The molecule has 0 saturated heterocycles. The SMILES string of the molecule is O=C(CC=C(F)F)c1ccc(Cl)cc1. The van der Waals surface area contributed by atoms with Crippen molar-refractivity contribution in [2.24, 2.45) is 0 Å². The molecule has 0 unspecified atom stereocenters. The molecule has 0 heterocycles. The van der Waals surface area contributed by atoms with Gasteiger partial charge in [0.2, 0.25) is 0 Å². The number of rotatable bonds is 3. The zero-order valence-electron chi connectivity index (χ0n) is 7.14. The van der Waals surface area contributed by atoms with Crippen molar-refractivity contribution in [1.82, 2.24) is 0 Å². The molecule has 1 rings (SSSR count). The van der Waals surface area contributed by atoms with Crippen LogP contribution in [0, 0.1) is 0 Å². The van der Waals surface area contributed by atoms with Gasteiger partial charge in [-0.25, -0.2) is 0 Å². The van der Waals surface area contributed by atoms with Gasteiger partial charge in [-0.15, -0.1) is 0 Å². The van der Waals surface area contributed by atoms with Crippen molar-refractivity contribution in [3.63, 3.8) is 0 Å². The summed E-state index contributed by atoms with van der Waals surface area (Å²) in [5.74, 6) is -0.352. The Labute approximate surface area is 85.0 Å². The number of Topliss-reactive ketones (excluding diaryl/α,β-unsaturated/α-hetero) is 1. The van der Waals surface area contributed by atoms with Gasteiger partial charge in [0, 0.05) is 17.0 Å². The number of hydrogen-bond acceptors (Lipinski definition) is 1. The molecule has 4 heteroatoms.